The maximum absolute atomic E-state index is 5.75. The Morgan fingerprint density at radius 2 is 1.75 bits per heavy atom. The highest BCUT2D eigenvalue weighted by atomic mass is 16.8. The van der Waals surface area contributed by atoms with Crippen LogP contribution in [-0.2, 0) is 9.88 Å². The molecule has 0 atom stereocenters. The normalized spacial score (nSPS) is 27.8. The summed E-state index contributed by atoms with van der Waals surface area (Å²) in [4.78, 5) is 9.46. The number of nitrogens with zero attached hydrogens (tertiary/aromatic N) is 3. The van der Waals surface area contributed by atoms with Crippen molar-refractivity contribution in [2.75, 3.05) is 6.54 Å². The van der Waals surface area contributed by atoms with Gasteiger partial charge in [0.25, 0.3) is 0 Å². The van der Waals surface area contributed by atoms with Crippen molar-refractivity contribution < 1.29 is 9.88 Å². The second kappa shape index (κ2) is 4.60. The molecule has 0 saturated carbocycles. The number of hydrogen-bond donors (Lipinski definition) is 6. The Balaban J connectivity index is 1.95. The lowest BCUT2D eigenvalue weighted by atomic mass is 10.3. The summed E-state index contributed by atoms with van der Waals surface area (Å²) in [7, 11) is 0. The van der Waals surface area contributed by atoms with Gasteiger partial charge < -0.3 is 16.8 Å². The van der Waals surface area contributed by atoms with Crippen LogP contribution in [0.5, 0.6) is 0 Å². The number of oxime groups is 2. The van der Waals surface area contributed by atoms with Gasteiger partial charge in [-0.1, -0.05) is 6.92 Å². The van der Waals surface area contributed by atoms with Gasteiger partial charge in [0.2, 0.25) is 0 Å². The van der Waals surface area contributed by atoms with E-state index in [0.29, 0.717) is 23.0 Å². The first kappa shape index (κ1) is 12.1. The first-order valence-electron chi connectivity index (χ1n) is 6.02. The summed E-state index contributed by atoms with van der Waals surface area (Å²) < 4.78 is 0. The molecule has 20 heavy (non-hydrogen) atoms. The number of nitrogens with two attached hydrogens (primary N) is 2. The molecule has 0 aromatic carbocycles. The lowest BCUT2D eigenvalue weighted by Gasteiger charge is -2.18. The van der Waals surface area contributed by atoms with E-state index in [2.05, 4.69) is 38.9 Å². The summed E-state index contributed by atoms with van der Waals surface area (Å²) in [6.45, 7) is 2.79. The second-order valence-electron chi connectivity index (χ2n) is 4.20. The van der Waals surface area contributed by atoms with Crippen LogP contribution < -0.4 is 33.2 Å². The Morgan fingerprint density at radius 3 is 2.30 bits per heavy atom. The van der Waals surface area contributed by atoms with Crippen molar-refractivity contribution in [1.29, 1.82) is 0 Å². The zero-order valence-corrected chi connectivity index (χ0v) is 10.7. The molecule has 0 spiro atoms. The molecule has 8 N–H and O–H groups in total. The highest BCUT2D eigenvalue weighted by Gasteiger charge is 2.31. The highest BCUT2D eigenvalue weighted by Crippen LogP contribution is 2.18. The quantitative estimate of drug-likeness (QED) is 0.330. The van der Waals surface area contributed by atoms with Crippen molar-refractivity contribution in [3.05, 3.63) is 23.0 Å². The van der Waals surface area contributed by atoms with Crippen molar-refractivity contribution >= 4 is 11.7 Å². The topological polar surface area (TPSA) is 147 Å². The Kier molecular flexibility index (Phi) is 2.78. The predicted molar refractivity (Wildman–Crippen MR) is 69.0 cm³/mol. The number of nitrogens with one attached hydrogen (secondary N) is 4. The van der Waals surface area contributed by atoms with Gasteiger partial charge in [-0.05, 0) is 16.7 Å². The third-order valence-corrected chi connectivity index (χ3v) is 2.79. The molecule has 0 aliphatic carbocycles. The summed E-state index contributed by atoms with van der Waals surface area (Å²) in [6, 6.07) is 0. The van der Waals surface area contributed by atoms with Gasteiger partial charge in [0.1, 0.15) is 0 Å². The lowest BCUT2D eigenvalue weighted by molar-refractivity contribution is 0.0881. The van der Waals surface area contributed by atoms with Gasteiger partial charge in [-0.15, -0.1) is 0 Å². The van der Waals surface area contributed by atoms with E-state index >= 15 is 0 Å². The van der Waals surface area contributed by atoms with E-state index in [1.54, 1.807) is 0 Å². The van der Waals surface area contributed by atoms with Gasteiger partial charge in [0.15, 0.2) is 34.7 Å². The highest BCUT2D eigenvalue weighted by molar-refractivity contribution is 5.98. The fourth-order valence-corrected chi connectivity index (χ4v) is 1.89. The SMILES string of the molecule is CCCN1N/C(=C2/NON=C2N)N/C1=C1/NON=C1N. The summed E-state index contributed by atoms with van der Waals surface area (Å²) in [6.07, 6.45) is 0.916. The van der Waals surface area contributed by atoms with Crippen molar-refractivity contribution in [2.45, 2.75) is 13.3 Å². The van der Waals surface area contributed by atoms with Gasteiger partial charge in [-0.25, -0.2) is 0 Å². The number of hydrazine groups is 1. The largest absolute Gasteiger partial charge is 0.379 e. The summed E-state index contributed by atoms with van der Waals surface area (Å²) in [5.74, 6) is 1.76. The molecule has 3 rings (SSSR count). The van der Waals surface area contributed by atoms with Crippen LogP contribution in [0.15, 0.2) is 33.3 Å². The minimum absolute atomic E-state index is 0.236. The molecule has 3 aliphatic rings. The summed E-state index contributed by atoms with van der Waals surface area (Å²) in [5.41, 5.74) is 20.9. The van der Waals surface area contributed by atoms with E-state index in [0.717, 1.165) is 13.0 Å². The van der Waals surface area contributed by atoms with Crippen LogP contribution in [0.4, 0.5) is 0 Å². The van der Waals surface area contributed by atoms with E-state index in [1.165, 1.54) is 0 Å². The maximum atomic E-state index is 5.75. The fourth-order valence-electron chi connectivity index (χ4n) is 1.89. The first-order chi connectivity index (χ1) is 9.70. The summed E-state index contributed by atoms with van der Waals surface area (Å²) in [5, 5.41) is 12.2. The average Bonchev–Trinajstić information content (AvgIpc) is 3.10. The average molecular weight is 281 g/mol. The van der Waals surface area contributed by atoms with Crippen LogP contribution in [0.25, 0.3) is 0 Å². The van der Waals surface area contributed by atoms with Gasteiger partial charge in [-0.2, -0.15) is 11.0 Å². The van der Waals surface area contributed by atoms with Crippen molar-refractivity contribution in [3.63, 3.8) is 0 Å². The molecule has 0 bridgehead atoms. The Hall–Kier alpha value is -2.98. The molecule has 11 heteroatoms. The zero-order chi connectivity index (χ0) is 14.1. The molecular formula is C9H15N9O2. The molecule has 1 fully saturated rings. The van der Waals surface area contributed by atoms with Crippen LogP contribution in [0.1, 0.15) is 13.3 Å². The Bertz CT molecular complexity index is 550. The van der Waals surface area contributed by atoms with Crippen LogP contribution in [0.3, 0.4) is 0 Å². The fraction of sp³-hybridized carbons (Fsp3) is 0.333. The number of hydroxylamine groups is 2. The minimum Gasteiger partial charge on any atom is -0.379 e. The van der Waals surface area contributed by atoms with E-state index in [1.807, 2.05) is 5.01 Å². The van der Waals surface area contributed by atoms with E-state index in [9.17, 15) is 0 Å². The third-order valence-electron chi connectivity index (χ3n) is 2.79. The molecule has 11 nitrogen and oxygen atoms in total. The van der Waals surface area contributed by atoms with Gasteiger partial charge in [-0.3, -0.25) is 20.3 Å². The van der Waals surface area contributed by atoms with E-state index in [4.69, 9.17) is 21.3 Å². The number of hydrogen-bond acceptors (Lipinski definition) is 11. The van der Waals surface area contributed by atoms with Gasteiger partial charge >= 0.3 is 0 Å². The molecular weight excluding hydrogens is 266 g/mol. The molecule has 0 aromatic heterocycles. The van der Waals surface area contributed by atoms with Gasteiger partial charge in [0.05, 0.1) is 0 Å². The summed E-state index contributed by atoms with van der Waals surface area (Å²) >= 11 is 0. The molecule has 1 saturated heterocycles. The van der Waals surface area contributed by atoms with Crippen LogP contribution in [-0.4, -0.2) is 23.2 Å². The molecule has 0 aromatic rings. The maximum Gasteiger partial charge on any atom is 0.196 e. The molecule has 3 heterocycles. The first-order valence-corrected chi connectivity index (χ1v) is 6.02. The number of rotatable bonds is 2. The Morgan fingerprint density at radius 1 is 1.10 bits per heavy atom. The molecule has 3 aliphatic heterocycles. The molecule has 0 radical (unpaired) electrons. The van der Waals surface area contributed by atoms with Crippen LogP contribution in [0, 0.1) is 0 Å². The Labute approximate surface area is 114 Å². The smallest absolute Gasteiger partial charge is 0.196 e. The standard InChI is InChI=1S/C9H15N9O2/c1-2-3-18-9(5-7(11)17-20-15-5)12-8(13-18)4-6(10)16-19-14-4/h12-15H,2-3H2,1H3,(H2,10,16)(H2,11,17)/b8-4+,9-5-. The van der Waals surface area contributed by atoms with Gasteiger partial charge in [0, 0.05) is 6.54 Å². The predicted octanol–water partition coefficient (Wildman–Crippen LogP) is -2.24. The minimum atomic E-state index is 0.236. The molecule has 0 unspecified atom stereocenters. The number of amidine groups is 2. The van der Waals surface area contributed by atoms with Crippen LogP contribution >= 0.6 is 0 Å². The van der Waals surface area contributed by atoms with Crippen molar-refractivity contribution in [2.24, 2.45) is 21.8 Å². The third kappa shape index (κ3) is 1.84. The molecule has 108 valence electrons. The van der Waals surface area contributed by atoms with Crippen molar-refractivity contribution in [1.82, 2.24) is 26.7 Å². The monoisotopic (exact) mass is 281 g/mol. The van der Waals surface area contributed by atoms with Crippen LogP contribution in [0.2, 0.25) is 0 Å². The van der Waals surface area contributed by atoms with Crippen molar-refractivity contribution in [3.8, 4) is 0 Å². The second-order valence-corrected chi connectivity index (χ2v) is 4.20. The zero-order valence-electron chi connectivity index (χ0n) is 10.7. The lowest BCUT2D eigenvalue weighted by Crippen LogP contribution is -2.34. The van der Waals surface area contributed by atoms with E-state index < -0.39 is 0 Å². The van der Waals surface area contributed by atoms with E-state index in [-0.39, 0.29) is 11.7 Å². The molecule has 0 amide bonds.